The molecular weight excluding hydrogens is 672 g/mol. The second kappa shape index (κ2) is 19.7. The Labute approximate surface area is 275 Å². The Morgan fingerprint density at radius 1 is 0.488 bits per heavy atom. The third kappa shape index (κ3) is 11.8. The molecular formula is C32H26Cl2N6O2Ru. The van der Waals surface area contributed by atoms with Crippen molar-refractivity contribution in [2.45, 2.75) is 6.92 Å². The van der Waals surface area contributed by atoms with Gasteiger partial charge in [0.15, 0.2) is 0 Å². The summed E-state index contributed by atoms with van der Waals surface area (Å²) in [5.41, 5.74) is 6.19. The molecule has 0 spiro atoms. The van der Waals surface area contributed by atoms with Crippen LogP contribution in [0.4, 0.5) is 0 Å². The van der Waals surface area contributed by atoms with Gasteiger partial charge in [-0.1, -0.05) is 24.3 Å². The minimum absolute atomic E-state index is 0. The van der Waals surface area contributed by atoms with Gasteiger partial charge in [-0.3, -0.25) is 29.9 Å². The molecule has 6 aromatic heterocycles. The zero-order chi connectivity index (χ0) is 28.0. The molecule has 43 heavy (non-hydrogen) atoms. The molecule has 0 bridgehead atoms. The summed E-state index contributed by atoms with van der Waals surface area (Å²) in [6.45, 7) is 1.95. The minimum Gasteiger partial charge on any atom is -1.00 e. The summed E-state index contributed by atoms with van der Waals surface area (Å²) in [7, 11) is 0. The third-order valence-electron chi connectivity index (χ3n) is 5.37. The first-order valence-corrected chi connectivity index (χ1v) is 12.4. The molecule has 6 aromatic rings. The van der Waals surface area contributed by atoms with Crippen molar-refractivity contribution >= 4 is 5.97 Å². The normalized spacial score (nSPS) is 9.14. The summed E-state index contributed by atoms with van der Waals surface area (Å²) in [5, 5.41) is 8.86. The average Bonchev–Trinajstić information content (AvgIpc) is 3.03. The molecule has 8 nitrogen and oxygen atoms in total. The molecule has 0 aliphatic rings. The molecule has 0 aliphatic heterocycles. The number of hydrogen-bond donors (Lipinski definition) is 1. The van der Waals surface area contributed by atoms with E-state index in [0.29, 0.717) is 11.4 Å². The van der Waals surface area contributed by atoms with Crippen molar-refractivity contribution in [1.82, 2.24) is 29.9 Å². The van der Waals surface area contributed by atoms with E-state index in [-0.39, 0.29) is 49.9 Å². The SMILES string of the molecule is Cc1ccnc(-c2cc(C(=O)O)ccn2)c1.[Cl-].[Cl-].[Ru+2].c1ccc(-c2ccccn2)nc1.c1ccc(-c2ccccn2)nc1. The van der Waals surface area contributed by atoms with E-state index in [9.17, 15) is 4.79 Å². The number of rotatable bonds is 4. The smallest absolute Gasteiger partial charge is 1.00 e. The number of nitrogens with zero attached hydrogens (tertiary/aromatic N) is 6. The molecule has 6 heterocycles. The van der Waals surface area contributed by atoms with Crippen LogP contribution in [0.3, 0.4) is 0 Å². The molecule has 0 atom stereocenters. The number of hydrogen-bond acceptors (Lipinski definition) is 7. The van der Waals surface area contributed by atoms with Gasteiger partial charge in [0, 0.05) is 37.2 Å². The van der Waals surface area contributed by atoms with Crippen LogP contribution in [0.25, 0.3) is 34.2 Å². The Morgan fingerprint density at radius 2 is 0.837 bits per heavy atom. The Hall–Kier alpha value is -4.43. The second-order valence-electron chi connectivity index (χ2n) is 8.31. The topological polar surface area (TPSA) is 115 Å². The van der Waals surface area contributed by atoms with Gasteiger partial charge in [-0.2, -0.15) is 0 Å². The van der Waals surface area contributed by atoms with Gasteiger partial charge in [0.1, 0.15) is 0 Å². The van der Waals surface area contributed by atoms with Crippen molar-refractivity contribution in [3.8, 4) is 34.2 Å². The van der Waals surface area contributed by atoms with Crippen LogP contribution in [0.1, 0.15) is 15.9 Å². The molecule has 1 N–H and O–H groups in total. The van der Waals surface area contributed by atoms with Crippen LogP contribution in [0, 0.1) is 6.92 Å². The van der Waals surface area contributed by atoms with Crippen LogP contribution in [0.5, 0.6) is 0 Å². The molecule has 0 unspecified atom stereocenters. The average molecular weight is 699 g/mol. The Kier molecular flexibility index (Phi) is 16.7. The fraction of sp³-hybridized carbons (Fsp3) is 0.0312. The maximum absolute atomic E-state index is 10.8. The molecule has 6 rings (SSSR count). The van der Waals surface area contributed by atoms with Crippen molar-refractivity contribution in [1.29, 1.82) is 0 Å². The van der Waals surface area contributed by atoms with Gasteiger partial charge in [0.2, 0.25) is 0 Å². The van der Waals surface area contributed by atoms with Gasteiger partial charge in [0.05, 0.1) is 39.7 Å². The van der Waals surface area contributed by atoms with Crippen LogP contribution in [-0.2, 0) is 19.5 Å². The quantitative estimate of drug-likeness (QED) is 0.264. The van der Waals surface area contributed by atoms with Gasteiger partial charge in [-0.15, -0.1) is 0 Å². The van der Waals surface area contributed by atoms with E-state index in [1.54, 1.807) is 31.0 Å². The van der Waals surface area contributed by atoms with Crippen molar-refractivity contribution in [2.75, 3.05) is 0 Å². The van der Waals surface area contributed by atoms with Crippen molar-refractivity contribution in [3.05, 3.63) is 145 Å². The second-order valence-corrected chi connectivity index (χ2v) is 8.31. The van der Waals surface area contributed by atoms with Gasteiger partial charge in [-0.05, 0) is 85.3 Å². The maximum atomic E-state index is 10.8. The first kappa shape index (κ1) is 36.6. The van der Waals surface area contributed by atoms with Gasteiger partial charge in [0.25, 0.3) is 0 Å². The van der Waals surface area contributed by atoms with Crippen molar-refractivity contribution in [3.63, 3.8) is 0 Å². The molecule has 0 radical (unpaired) electrons. The standard InChI is InChI=1S/C12H10N2O2.2C10H8N2.2ClH.Ru/c1-8-2-4-13-10(6-8)11-7-9(12(15)16)3-5-14-11;2*1-3-7-11-9(5-1)10-6-2-4-8-12-10;;;/h2-7H,1H3,(H,15,16);2*1-8H;2*1H;/q;;;;;+2/p-2. The number of carbonyl (C=O) groups is 1. The number of pyridine rings is 6. The van der Waals surface area contributed by atoms with E-state index in [2.05, 4.69) is 29.9 Å². The van der Waals surface area contributed by atoms with Crippen LogP contribution >= 0.6 is 0 Å². The van der Waals surface area contributed by atoms with Crippen LogP contribution < -0.4 is 24.8 Å². The summed E-state index contributed by atoms with van der Waals surface area (Å²) < 4.78 is 0. The molecule has 0 saturated carbocycles. The molecule has 0 saturated heterocycles. The van der Waals surface area contributed by atoms with E-state index in [1.165, 1.54) is 18.3 Å². The van der Waals surface area contributed by atoms with Gasteiger partial charge >= 0.3 is 25.4 Å². The molecule has 0 amide bonds. The zero-order valence-corrected chi connectivity index (χ0v) is 26.1. The number of carboxylic acid groups (broad SMARTS) is 1. The predicted molar refractivity (Wildman–Crippen MR) is 154 cm³/mol. The Morgan fingerprint density at radius 3 is 1.16 bits per heavy atom. The van der Waals surface area contributed by atoms with Crippen molar-refractivity contribution in [2.24, 2.45) is 0 Å². The first-order chi connectivity index (χ1) is 19.6. The molecule has 0 aliphatic carbocycles. The third-order valence-corrected chi connectivity index (χ3v) is 5.37. The number of carboxylic acids is 1. The van der Waals surface area contributed by atoms with E-state index < -0.39 is 5.97 Å². The maximum Gasteiger partial charge on any atom is 2.00 e. The largest absolute Gasteiger partial charge is 2.00 e. The van der Waals surface area contributed by atoms with E-state index >= 15 is 0 Å². The summed E-state index contributed by atoms with van der Waals surface area (Å²) in [6.07, 6.45) is 10.2. The molecule has 11 heteroatoms. The van der Waals surface area contributed by atoms with Gasteiger partial charge in [-0.25, -0.2) is 4.79 Å². The number of aromatic carboxylic acids is 1. The van der Waals surface area contributed by atoms with E-state index in [0.717, 1.165) is 28.3 Å². The molecule has 0 fully saturated rings. The van der Waals surface area contributed by atoms with Gasteiger partial charge < -0.3 is 29.9 Å². The number of aromatic nitrogens is 6. The fourth-order valence-corrected chi connectivity index (χ4v) is 3.44. The van der Waals surface area contributed by atoms with Crippen molar-refractivity contribution < 1.29 is 54.2 Å². The van der Waals surface area contributed by atoms with E-state index in [1.807, 2.05) is 91.9 Å². The monoisotopic (exact) mass is 698 g/mol. The number of halogens is 2. The van der Waals surface area contributed by atoms with Crippen LogP contribution in [-0.4, -0.2) is 41.0 Å². The van der Waals surface area contributed by atoms with E-state index in [4.69, 9.17) is 5.11 Å². The Balaban J connectivity index is 0.000000316. The minimum atomic E-state index is -0.962. The molecule has 0 aromatic carbocycles. The predicted octanol–water partition coefficient (Wildman–Crippen LogP) is 0.443. The summed E-state index contributed by atoms with van der Waals surface area (Å²) in [6, 6.07) is 29.9. The summed E-state index contributed by atoms with van der Waals surface area (Å²) >= 11 is 0. The zero-order valence-electron chi connectivity index (χ0n) is 22.8. The first-order valence-electron chi connectivity index (χ1n) is 12.4. The Bertz CT molecular complexity index is 1490. The molecule has 218 valence electrons. The van der Waals surface area contributed by atoms with Crippen LogP contribution in [0.2, 0.25) is 0 Å². The summed E-state index contributed by atoms with van der Waals surface area (Å²) in [4.78, 5) is 35.8. The van der Waals surface area contributed by atoms with Crippen LogP contribution in [0.15, 0.2) is 134 Å². The number of aryl methyl sites for hydroxylation is 1. The fourth-order valence-electron chi connectivity index (χ4n) is 3.44. The summed E-state index contributed by atoms with van der Waals surface area (Å²) in [5.74, 6) is -0.962.